The SMILES string of the molecule is CC(C)(C)OC(=O)NCCOc1ccc(Cc2nccc3ccccc23)cc1. The quantitative estimate of drug-likeness (QED) is 0.630. The van der Waals surface area contributed by atoms with Crippen LogP contribution in [0.2, 0.25) is 0 Å². The molecule has 0 bridgehead atoms. The maximum Gasteiger partial charge on any atom is 0.407 e. The van der Waals surface area contributed by atoms with Crippen molar-refractivity contribution in [3.8, 4) is 5.75 Å². The first kappa shape index (κ1) is 19.7. The number of hydrogen-bond acceptors (Lipinski definition) is 4. The number of hydrogen-bond donors (Lipinski definition) is 1. The maximum absolute atomic E-state index is 11.6. The summed E-state index contributed by atoms with van der Waals surface area (Å²) in [5, 5.41) is 5.05. The number of benzene rings is 2. The predicted octanol–water partition coefficient (Wildman–Crippen LogP) is 4.73. The van der Waals surface area contributed by atoms with E-state index in [2.05, 4.69) is 22.4 Å². The lowest BCUT2D eigenvalue weighted by Gasteiger charge is -2.19. The molecule has 3 rings (SSSR count). The van der Waals surface area contributed by atoms with Gasteiger partial charge in [0.15, 0.2) is 0 Å². The van der Waals surface area contributed by atoms with Gasteiger partial charge in [-0.15, -0.1) is 0 Å². The first-order chi connectivity index (χ1) is 13.4. The van der Waals surface area contributed by atoms with Crippen molar-refractivity contribution in [2.24, 2.45) is 0 Å². The number of amides is 1. The van der Waals surface area contributed by atoms with Crippen molar-refractivity contribution in [2.45, 2.75) is 32.8 Å². The summed E-state index contributed by atoms with van der Waals surface area (Å²) in [5.74, 6) is 0.764. The Hall–Kier alpha value is -3.08. The fourth-order valence-electron chi connectivity index (χ4n) is 2.86. The van der Waals surface area contributed by atoms with Gasteiger partial charge in [0.05, 0.1) is 12.2 Å². The molecular formula is C23H26N2O3. The lowest BCUT2D eigenvalue weighted by atomic mass is 10.0. The third kappa shape index (κ3) is 5.71. The van der Waals surface area contributed by atoms with Gasteiger partial charge < -0.3 is 14.8 Å². The van der Waals surface area contributed by atoms with Crippen LogP contribution in [-0.2, 0) is 11.2 Å². The van der Waals surface area contributed by atoms with Gasteiger partial charge in [-0.05, 0) is 49.9 Å². The van der Waals surface area contributed by atoms with E-state index in [9.17, 15) is 4.79 Å². The zero-order valence-corrected chi connectivity index (χ0v) is 16.6. The Morgan fingerprint density at radius 2 is 1.79 bits per heavy atom. The number of rotatable bonds is 6. The lowest BCUT2D eigenvalue weighted by Crippen LogP contribution is -2.34. The molecule has 0 saturated carbocycles. The van der Waals surface area contributed by atoms with Crippen LogP contribution < -0.4 is 10.1 Å². The summed E-state index contributed by atoms with van der Waals surface area (Å²) in [5.41, 5.74) is 1.73. The second-order valence-electron chi connectivity index (χ2n) is 7.58. The van der Waals surface area contributed by atoms with Crippen LogP contribution in [0.3, 0.4) is 0 Å². The largest absolute Gasteiger partial charge is 0.492 e. The molecule has 1 N–H and O–H groups in total. The van der Waals surface area contributed by atoms with Crippen molar-refractivity contribution in [1.82, 2.24) is 10.3 Å². The molecule has 0 unspecified atom stereocenters. The smallest absolute Gasteiger partial charge is 0.407 e. The number of ether oxygens (including phenoxy) is 2. The van der Waals surface area contributed by atoms with Crippen LogP contribution in [0.5, 0.6) is 5.75 Å². The molecule has 0 saturated heterocycles. The molecule has 1 amide bonds. The van der Waals surface area contributed by atoms with E-state index in [-0.39, 0.29) is 0 Å². The molecule has 1 heterocycles. The molecule has 0 spiro atoms. The van der Waals surface area contributed by atoms with Crippen LogP contribution in [-0.4, -0.2) is 29.8 Å². The molecule has 3 aromatic rings. The minimum Gasteiger partial charge on any atom is -0.492 e. The first-order valence-corrected chi connectivity index (χ1v) is 9.42. The van der Waals surface area contributed by atoms with Crippen molar-refractivity contribution in [2.75, 3.05) is 13.2 Å². The van der Waals surface area contributed by atoms with Crippen LogP contribution in [0, 0.1) is 0 Å². The van der Waals surface area contributed by atoms with Gasteiger partial charge in [0.1, 0.15) is 18.0 Å². The van der Waals surface area contributed by atoms with Crippen LogP contribution in [0.1, 0.15) is 32.0 Å². The van der Waals surface area contributed by atoms with E-state index in [0.717, 1.165) is 17.9 Å². The molecule has 5 heteroatoms. The van der Waals surface area contributed by atoms with Crippen LogP contribution in [0.4, 0.5) is 4.79 Å². The van der Waals surface area contributed by atoms with Gasteiger partial charge >= 0.3 is 6.09 Å². The highest BCUT2D eigenvalue weighted by atomic mass is 16.6. The fourth-order valence-corrected chi connectivity index (χ4v) is 2.86. The van der Waals surface area contributed by atoms with Crippen molar-refractivity contribution in [3.05, 3.63) is 72.1 Å². The number of pyridine rings is 1. The van der Waals surface area contributed by atoms with Gasteiger partial charge in [-0.2, -0.15) is 0 Å². The average molecular weight is 378 g/mol. The van der Waals surface area contributed by atoms with E-state index in [1.165, 1.54) is 16.3 Å². The number of nitrogens with one attached hydrogen (secondary N) is 1. The average Bonchev–Trinajstić information content (AvgIpc) is 2.65. The monoisotopic (exact) mass is 378 g/mol. The van der Waals surface area contributed by atoms with Gasteiger partial charge in [0.2, 0.25) is 0 Å². The van der Waals surface area contributed by atoms with Crippen molar-refractivity contribution in [1.29, 1.82) is 0 Å². The van der Waals surface area contributed by atoms with Crippen LogP contribution >= 0.6 is 0 Å². The summed E-state index contributed by atoms with van der Waals surface area (Å²) in [4.78, 5) is 16.1. The Kier molecular flexibility index (Phi) is 6.14. The summed E-state index contributed by atoms with van der Waals surface area (Å²) in [6.07, 6.45) is 2.18. The Morgan fingerprint density at radius 1 is 1.04 bits per heavy atom. The topological polar surface area (TPSA) is 60.5 Å². The number of carbonyl (C=O) groups excluding carboxylic acids is 1. The third-order valence-corrected chi connectivity index (χ3v) is 4.09. The number of nitrogens with zero attached hydrogens (tertiary/aromatic N) is 1. The Balaban J connectivity index is 1.50. The molecule has 146 valence electrons. The highest BCUT2D eigenvalue weighted by molar-refractivity contribution is 5.84. The van der Waals surface area contributed by atoms with E-state index in [4.69, 9.17) is 9.47 Å². The van der Waals surface area contributed by atoms with Crippen molar-refractivity contribution < 1.29 is 14.3 Å². The summed E-state index contributed by atoms with van der Waals surface area (Å²) in [7, 11) is 0. The molecular weight excluding hydrogens is 352 g/mol. The second-order valence-corrected chi connectivity index (χ2v) is 7.58. The number of alkyl carbamates (subject to hydrolysis) is 1. The lowest BCUT2D eigenvalue weighted by molar-refractivity contribution is 0.0520. The molecule has 0 aliphatic carbocycles. The van der Waals surface area contributed by atoms with Crippen molar-refractivity contribution in [3.63, 3.8) is 0 Å². The third-order valence-electron chi connectivity index (χ3n) is 4.09. The Morgan fingerprint density at radius 3 is 2.54 bits per heavy atom. The Labute approximate surface area is 165 Å². The molecule has 0 radical (unpaired) electrons. The van der Waals surface area contributed by atoms with E-state index in [1.54, 1.807) is 0 Å². The summed E-state index contributed by atoms with van der Waals surface area (Å²) in [6.45, 7) is 6.26. The summed E-state index contributed by atoms with van der Waals surface area (Å²) in [6, 6.07) is 18.3. The molecule has 28 heavy (non-hydrogen) atoms. The van der Waals surface area contributed by atoms with Gasteiger partial charge in [-0.3, -0.25) is 4.98 Å². The molecule has 1 aromatic heterocycles. The van der Waals surface area contributed by atoms with E-state index < -0.39 is 11.7 Å². The van der Waals surface area contributed by atoms with Gasteiger partial charge in [0, 0.05) is 18.0 Å². The highest BCUT2D eigenvalue weighted by Gasteiger charge is 2.15. The minimum absolute atomic E-state index is 0.378. The molecule has 2 aromatic carbocycles. The molecule has 0 fully saturated rings. The molecule has 0 aliphatic heterocycles. The number of aromatic nitrogens is 1. The van der Waals surface area contributed by atoms with Crippen LogP contribution in [0.25, 0.3) is 10.8 Å². The van der Waals surface area contributed by atoms with Crippen molar-refractivity contribution >= 4 is 16.9 Å². The Bertz CT molecular complexity index is 925. The minimum atomic E-state index is -0.500. The highest BCUT2D eigenvalue weighted by Crippen LogP contribution is 2.20. The summed E-state index contributed by atoms with van der Waals surface area (Å²) >= 11 is 0. The second kappa shape index (κ2) is 8.74. The zero-order chi connectivity index (χ0) is 20.0. The maximum atomic E-state index is 11.6. The standard InChI is InChI=1S/C23H26N2O3/c1-23(2,3)28-22(26)25-14-15-27-19-10-8-17(9-11-19)16-21-20-7-5-4-6-18(20)12-13-24-21/h4-13H,14-16H2,1-3H3,(H,25,26). The normalized spacial score (nSPS) is 11.2. The van der Waals surface area contributed by atoms with E-state index in [1.807, 2.05) is 69.4 Å². The van der Waals surface area contributed by atoms with Crippen LogP contribution in [0.15, 0.2) is 60.8 Å². The van der Waals surface area contributed by atoms with E-state index >= 15 is 0 Å². The molecule has 0 aliphatic rings. The van der Waals surface area contributed by atoms with Gasteiger partial charge in [-0.25, -0.2) is 4.79 Å². The predicted molar refractivity (Wildman–Crippen MR) is 111 cm³/mol. The molecule has 5 nitrogen and oxygen atoms in total. The fraction of sp³-hybridized carbons (Fsp3) is 0.304. The molecule has 0 atom stereocenters. The van der Waals surface area contributed by atoms with Gasteiger partial charge in [-0.1, -0.05) is 36.4 Å². The summed E-state index contributed by atoms with van der Waals surface area (Å²) < 4.78 is 10.9. The van der Waals surface area contributed by atoms with Gasteiger partial charge in [0.25, 0.3) is 0 Å². The zero-order valence-electron chi connectivity index (χ0n) is 16.6. The number of fused-ring (bicyclic) bond motifs is 1. The first-order valence-electron chi connectivity index (χ1n) is 9.42. The van der Waals surface area contributed by atoms with E-state index in [0.29, 0.717) is 13.2 Å². The number of carbonyl (C=O) groups is 1.